The molecule has 1 aromatic carbocycles. The van der Waals surface area contributed by atoms with Crippen molar-refractivity contribution in [1.29, 1.82) is 0 Å². The molecule has 0 fully saturated rings. The van der Waals surface area contributed by atoms with Crippen molar-refractivity contribution in [3.05, 3.63) is 22.7 Å². The van der Waals surface area contributed by atoms with E-state index in [1.807, 2.05) is 0 Å². The molecule has 1 unspecified atom stereocenters. The first kappa shape index (κ1) is 11.5. The molecule has 0 bridgehead atoms. The van der Waals surface area contributed by atoms with Crippen LogP contribution in [-0.4, -0.2) is 24.9 Å². The number of fused-ring (bicyclic) bond motifs is 1. The van der Waals surface area contributed by atoms with Crippen LogP contribution in [-0.2, 0) is 0 Å². The van der Waals surface area contributed by atoms with E-state index in [-0.39, 0.29) is 6.54 Å². The van der Waals surface area contributed by atoms with Crippen LogP contribution in [0.25, 0.3) is 0 Å². The molecule has 1 aliphatic heterocycles. The molecule has 4 nitrogen and oxygen atoms in total. The van der Waals surface area contributed by atoms with Crippen molar-refractivity contribution in [1.82, 2.24) is 0 Å². The molecule has 0 amide bonds. The Morgan fingerprint density at radius 3 is 2.88 bits per heavy atom. The summed E-state index contributed by atoms with van der Waals surface area (Å²) in [6.07, 6.45) is 0.0458. The van der Waals surface area contributed by atoms with Gasteiger partial charge in [0.25, 0.3) is 0 Å². The minimum Gasteiger partial charge on any atom is -0.490 e. The molecule has 3 N–H and O–H groups in total. The van der Waals surface area contributed by atoms with Gasteiger partial charge in [0.15, 0.2) is 11.5 Å². The van der Waals surface area contributed by atoms with Crippen LogP contribution in [0, 0.1) is 0 Å². The van der Waals surface area contributed by atoms with Crippen molar-refractivity contribution in [3.63, 3.8) is 0 Å². The third kappa shape index (κ3) is 2.09. The number of nitrogens with two attached hydrogens (primary N) is 1. The van der Waals surface area contributed by atoms with E-state index in [1.54, 1.807) is 12.1 Å². The highest BCUT2D eigenvalue weighted by molar-refractivity contribution is 6.33. The first-order valence-corrected chi connectivity index (χ1v) is 5.58. The van der Waals surface area contributed by atoms with Gasteiger partial charge < -0.3 is 20.3 Å². The number of halogens is 1. The van der Waals surface area contributed by atoms with Crippen LogP contribution in [0.1, 0.15) is 18.1 Å². The second-order valence-corrected chi connectivity index (χ2v) is 3.98. The molecule has 1 aliphatic rings. The molecular formula is C11H14ClNO3. The van der Waals surface area contributed by atoms with Gasteiger partial charge in [-0.25, -0.2) is 0 Å². The van der Waals surface area contributed by atoms with Crippen molar-refractivity contribution in [2.45, 2.75) is 12.5 Å². The standard InChI is InChI=1S/C11H14ClNO3/c12-10-7(8(14)6-13)2-3-9-11(10)16-5-1-4-15-9/h2-3,8,14H,1,4-6,13H2. The van der Waals surface area contributed by atoms with Gasteiger partial charge in [-0.05, 0) is 6.07 Å². The number of hydrogen-bond acceptors (Lipinski definition) is 4. The third-order valence-electron chi connectivity index (χ3n) is 2.47. The zero-order valence-electron chi connectivity index (χ0n) is 8.78. The van der Waals surface area contributed by atoms with Crippen LogP contribution in [0.4, 0.5) is 0 Å². The molecule has 5 heteroatoms. The zero-order chi connectivity index (χ0) is 11.5. The Kier molecular flexibility index (Phi) is 3.53. The Bertz CT molecular complexity index is 384. The molecule has 0 aromatic heterocycles. The molecule has 16 heavy (non-hydrogen) atoms. The van der Waals surface area contributed by atoms with Gasteiger partial charge >= 0.3 is 0 Å². The Morgan fingerprint density at radius 1 is 1.38 bits per heavy atom. The summed E-state index contributed by atoms with van der Waals surface area (Å²) in [4.78, 5) is 0. The predicted octanol–water partition coefficient (Wildman–Crippen LogP) is 1.49. The lowest BCUT2D eigenvalue weighted by Gasteiger charge is -2.15. The molecule has 0 radical (unpaired) electrons. The van der Waals surface area contributed by atoms with Crippen molar-refractivity contribution >= 4 is 11.6 Å². The summed E-state index contributed by atoms with van der Waals surface area (Å²) in [5, 5.41) is 10.1. The number of aliphatic hydroxyl groups excluding tert-OH is 1. The Labute approximate surface area is 98.9 Å². The summed E-state index contributed by atoms with van der Waals surface area (Å²) in [6.45, 7) is 1.30. The quantitative estimate of drug-likeness (QED) is 0.826. The third-order valence-corrected chi connectivity index (χ3v) is 2.86. The molecule has 1 atom stereocenters. The van der Waals surface area contributed by atoms with Gasteiger partial charge in [0, 0.05) is 18.5 Å². The van der Waals surface area contributed by atoms with E-state index in [1.165, 1.54) is 0 Å². The highest BCUT2D eigenvalue weighted by Gasteiger charge is 2.20. The fourth-order valence-corrected chi connectivity index (χ4v) is 1.94. The number of benzene rings is 1. The van der Waals surface area contributed by atoms with E-state index < -0.39 is 6.10 Å². The minimum absolute atomic E-state index is 0.124. The van der Waals surface area contributed by atoms with Crippen molar-refractivity contribution in [2.75, 3.05) is 19.8 Å². The van der Waals surface area contributed by atoms with Gasteiger partial charge in [-0.3, -0.25) is 0 Å². The first-order chi connectivity index (χ1) is 7.74. The van der Waals surface area contributed by atoms with Gasteiger partial charge in [-0.2, -0.15) is 0 Å². The van der Waals surface area contributed by atoms with Crippen LogP contribution in [0.5, 0.6) is 11.5 Å². The number of ether oxygens (including phenoxy) is 2. The normalized spacial score (nSPS) is 16.7. The van der Waals surface area contributed by atoms with Crippen LogP contribution in [0.15, 0.2) is 12.1 Å². The zero-order valence-corrected chi connectivity index (χ0v) is 9.54. The molecule has 0 aliphatic carbocycles. The highest BCUT2D eigenvalue weighted by atomic mass is 35.5. The van der Waals surface area contributed by atoms with Crippen LogP contribution in [0.2, 0.25) is 5.02 Å². The van der Waals surface area contributed by atoms with E-state index in [2.05, 4.69) is 0 Å². The van der Waals surface area contributed by atoms with E-state index in [0.29, 0.717) is 35.3 Å². The van der Waals surface area contributed by atoms with E-state index in [4.69, 9.17) is 26.8 Å². The maximum atomic E-state index is 9.68. The number of rotatable bonds is 2. The first-order valence-electron chi connectivity index (χ1n) is 5.20. The van der Waals surface area contributed by atoms with Crippen molar-refractivity contribution in [3.8, 4) is 11.5 Å². The van der Waals surface area contributed by atoms with Crippen LogP contribution >= 0.6 is 11.6 Å². The summed E-state index contributed by atoms with van der Waals surface area (Å²) in [5.74, 6) is 1.12. The molecule has 1 heterocycles. The van der Waals surface area contributed by atoms with E-state index in [0.717, 1.165) is 6.42 Å². The highest BCUT2D eigenvalue weighted by Crippen LogP contribution is 2.40. The topological polar surface area (TPSA) is 64.7 Å². The van der Waals surface area contributed by atoms with Crippen molar-refractivity contribution in [2.24, 2.45) is 5.73 Å². The summed E-state index contributed by atoms with van der Waals surface area (Å²) in [7, 11) is 0. The van der Waals surface area contributed by atoms with Gasteiger partial charge in [0.1, 0.15) is 0 Å². The van der Waals surface area contributed by atoms with Gasteiger partial charge in [-0.15, -0.1) is 0 Å². The molecule has 0 saturated heterocycles. The molecule has 0 spiro atoms. The Morgan fingerprint density at radius 2 is 2.12 bits per heavy atom. The monoisotopic (exact) mass is 243 g/mol. The summed E-state index contributed by atoms with van der Waals surface area (Å²) >= 11 is 6.15. The maximum absolute atomic E-state index is 9.68. The number of hydrogen-bond donors (Lipinski definition) is 2. The van der Waals surface area contributed by atoms with E-state index in [9.17, 15) is 5.11 Å². The largest absolute Gasteiger partial charge is 0.490 e. The predicted molar refractivity (Wildman–Crippen MR) is 61.1 cm³/mol. The molecule has 2 rings (SSSR count). The number of aliphatic hydroxyl groups is 1. The Balaban J connectivity index is 2.41. The average molecular weight is 244 g/mol. The summed E-state index contributed by atoms with van der Waals surface area (Å²) in [5.41, 5.74) is 5.98. The fraction of sp³-hybridized carbons (Fsp3) is 0.455. The summed E-state index contributed by atoms with van der Waals surface area (Å²) in [6, 6.07) is 3.47. The maximum Gasteiger partial charge on any atom is 0.180 e. The SMILES string of the molecule is NCC(O)c1ccc2c(c1Cl)OCCCO2. The van der Waals surface area contributed by atoms with Crippen molar-refractivity contribution < 1.29 is 14.6 Å². The molecule has 88 valence electrons. The van der Waals surface area contributed by atoms with Gasteiger partial charge in [0.05, 0.1) is 24.3 Å². The molecule has 1 aromatic rings. The van der Waals surface area contributed by atoms with Gasteiger partial charge in [0.2, 0.25) is 0 Å². The lowest BCUT2D eigenvalue weighted by Crippen LogP contribution is -2.12. The average Bonchev–Trinajstić information content (AvgIpc) is 2.54. The fourth-order valence-electron chi connectivity index (χ4n) is 1.60. The second-order valence-electron chi connectivity index (χ2n) is 3.60. The van der Waals surface area contributed by atoms with Crippen LogP contribution in [0.3, 0.4) is 0 Å². The Hall–Kier alpha value is -0.970. The second kappa shape index (κ2) is 4.91. The lowest BCUT2D eigenvalue weighted by atomic mass is 10.1. The lowest BCUT2D eigenvalue weighted by molar-refractivity contribution is 0.186. The van der Waals surface area contributed by atoms with Crippen LogP contribution < -0.4 is 15.2 Å². The molecular weight excluding hydrogens is 230 g/mol. The van der Waals surface area contributed by atoms with E-state index >= 15 is 0 Å². The van der Waals surface area contributed by atoms with Gasteiger partial charge in [-0.1, -0.05) is 17.7 Å². The smallest absolute Gasteiger partial charge is 0.180 e. The molecule has 0 saturated carbocycles. The minimum atomic E-state index is -0.773. The summed E-state index contributed by atoms with van der Waals surface area (Å²) < 4.78 is 11.0.